The van der Waals surface area contributed by atoms with Crippen molar-refractivity contribution < 1.29 is 0 Å². The molecule has 2 heterocycles. The largest absolute Gasteiger partial charge is 0.309 e. The molecule has 48 heavy (non-hydrogen) atoms. The van der Waals surface area contributed by atoms with E-state index in [2.05, 4.69) is 181 Å². The van der Waals surface area contributed by atoms with Gasteiger partial charge in [0.25, 0.3) is 0 Å². The Kier molecular flexibility index (Phi) is 7.03. The predicted molar refractivity (Wildman–Crippen MR) is 206 cm³/mol. The van der Waals surface area contributed by atoms with E-state index in [1.54, 1.807) is 0 Å². The van der Waals surface area contributed by atoms with Crippen molar-refractivity contribution in [1.29, 1.82) is 0 Å². The van der Waals surface area contributed by atoms with Crippen LogP contribution in [0.15, 0.2) is 182 Å². The van der Waals surface area contributed by atoms with Gasteiger partial charge in [-0.3, -0.25) is 4.98 Å². The van der Waals surface area contributed by atoms with E-state index in [-0.39, 0.29) is 0 Å². The van der Waals surface area contributed by atoms with Gasteiger partial charge in [0.05, 0.1) is 15.9 Å². The second kappa shape index (κ2) is 12.0. The lowest BCUT2D eigenvalue weighted by Gasteiger charge is -2.27. The molecule has 0 saturated carbocycles. The third kappa shape index (κ3) is 4.93. The normalized spacial score (nSPS) is 11.3. The molecular formula is C45H30N2S. The highest BCUT2D eigenvalue weighted by Crippen LogP contribution is 2.47. The zero-order valence-electron chi connectivity index (χ0n) is 26.1. The predicted octanol–water partition coefficient (Wildman–Crippen LogP) is 13.1. The van der Waals surface area contributed by atoms with Crippen LogP contribution in [0.25, 0.3) is 64.5 Å². The van der Waals surface area contributed by atoms with Crippen molar-refractivity contribution in [3.05, 3.63) is 182 Å². The number of rotatable bonds is 6. The van der Waals surface area contributed by atoms with Crippen molar-refractivity contribution in [1.82, 2.24) is 4.98 Å². The Labute approximate surface area is 283 Å². The Morgan fingerprint density at radius 2 is 1.02 bits per heavy atom. The van der Waals surface area contributed by atoms with Gasteiger partial charge < -0.3 is 4.90 Å². The molecule has 0 aliphatic carbocycles. The topological polar surface area (TPSA) is 16.1 Å². The molecule has 0 atom stereocenters. The Bertz CT molecular complexity index is 2540. The van der Waals surface area contributed by atoms with Crippen LogP contribution in [0.1, 0.15) is 0 Å². The second-order valence-electron chi connectivity index (χ2n) is 12.0. The third-order valence-electron chi connectivity index (χ3n) is 9.13. The number of benzene rings is 7. The fourth-order valence-electron chi connectivity index (χ4n) is 6.81. The second-order valence-corrected chi connectivity index (χ2v) is 13.0. The molecule has 9 rings (SSSR count). The lowest BCUT2D eigenvalue weighted by Crippen LogP contribution is -2.10. The smallest absolute Gasteiger partial charge is 0.0909 e. The quantitative estimate of drug-likeness (QED) is 0.182. The monoisotopic (exact) mass is 630 g/mol. The van der Waals surface area contributed by atoms with Gasteiger partial charge in [-0.1, -0.05) is 146 Å². The van der Waals surface area contributed by atoms with Gasteiger partial charge >= 0.3 is 0 Å². The van der Waals surface area contributed by atoms with Gasteiger partial charge in [0.15, 0.2) is 0 Å². The van der Waals surface area contributed by atoms with Crippen LogP contribution in [0.2, 0.25) is 0 Å². The maximum atomic E-state index is 4.96. The molecule has 2 aromatic heterocycles. The van der Waals surface area contributed by atoms with E-state index >= 15 is 0 Å². The van der Waals surface area contributed by atoms with Crippen LogP contribution in [-0.4, -0.2) is 4.98 Å². The third-order valence-corrected chi connectivity index (χ3v) is 10.4. The minimum absolute atomic E-state index is 1.04. The van der Waals surface area contributed by atoms with Crippen LogP contribution in [0.4, 0.5) is 17.1 Å². The van der Waals surface area contributed by atoms with E-state index in [1.165, 1.54) is 58.9 Å². The molecular weight excluding hydrogens is 601 g/mol. The lowest BCUT2D eigenvalue weighted by atomic mass is 9.93. The summed E-state index contributed by atoms with van der Waals surface area (Å²) < 4.78 is 2.44. The minimum atomic E-state index is 1.04. The van der Waals surface area contributed by atoms with Crippen LogP contribution in [0.5, 0.6) is 0 Å². The molecule has 3 heteroatoms. The molecule has 0 aliphatic rings. The molecule has 0 radical (unpaired) electrons. The number of thiophene rings is 1. The number of hydrogen-bond donors (Lipinski definition) is 0. The lowest BCUT2D eigenvalue weighted by molar-refractivity contribution is 1.29. The summed E-state index contributed by atoms with van der Waals surface area (Å²) in [5.41, 5.74) is 11.5. The van der Waals surface area contributed by atoms with Gasteiger partial charge in [0.2, 0.25) is 0 Å². The number of anilines is 3. The van der Waals surface area contributed by atoms with E-state index in [0.29, 0.717) is 0 Å². The zero-order valence-corrected chi connectivity index (χ0v) is 26.9. The van der Waals surface area contributed by atoms with E-state index in [9.17, 15) is 0 Å². The first-order valence-corrected chi connectivity index (χ1v) is 17.0. The molecule has 0 aliphatic heterocycles. The van der Waals surface area contributed by atoms with Gasteiger partial charge in [-0.2, -0.15) is 0 Å². The Balaban J connectivity index is 1.29. The van der Waals surface area contributed by atoms with Crippen molar-refractivity contribution >= 4 is 59.5 Å². The fourth-order valence-corrected chi connectivity index (χ4v) is 8.10. The average Bonchev–Trinajstić information content (AvgIpc) is 3.56. The maximum absolute atomic E-state index is 4.96. The molecule has 0 fully saturated rings. The van der Waals surface area contributed by atoms with Crippen LogP contribution in [0, 0.1) is 0 Å². The van der Waals surface area contributed by atoms with E-state index in [4.69, 9.17) is 4.98 Å². The zero-order chi connectivity index (χ0) is 31.9. The maximum Gasteiger partial charge on any atom is 0.0909 e. The molecule has 0 amide bonds. The highest BCUT2D eigenvalue weighted by Gasteiger charge is 2.21. The van der Waals surface area contributed by atoms with Crippen molar-refractivity contribution in [2.75, 3.05) is 4.90 Å². The Hall–Kier alpha value is -6.03. The van der Waals surface area contributed by atoms with E-state index in [1.807, 2.05) is 17.5 Å². The van der Waals surface area contributed by atoms with Gasteiger partial charge in [-0.05, 0) is 74.5 Å². The highest BCUT2D eigenvalue weighted by molar-refractivity contribution is 7.27. The van der Waals surface area contributed by atoms with Crippen molar-refractivity contribution in [2.45, 2.75) is 0 Å². The van der Waals surface area contributed by atoms with E-state index in [0.717, 1.165) is 22.6 Å². The minimum Gasteiger partial charge on any atom is -0.309 e. The summed E-state index contributed by atoms with van der Waals surface area (Å²) in [6.07, 6.45) is 1.96. The summed E-state index contributed by atoms with van der Waals surface area (Å²) >= 11 is 1.83. The van der Waals surface area contributed by atoms with Gasteiger partial charge in [0, 0.05) is 27.7 Å². The summed E-state index contributed by atoms with van der Waals surface area (Å²) in [5, 5.41) is 3.70. The summed E-state index contributed by atoms with van der Waals surface area (Å²) in [5.74, 6) is 0. The molecule has 0 N–H and O–H groups in total. The van der Waals surface area contributed by atoms with Crippen LogP contribution in [-0.2, 0) is 0 Å². The molecule has 9 aromatic rings. The average molecular weight is 631 g/mol. The number of pyridine rings is 1. The molecule has 2 nitrogen and oxygen atoms in total. The molecule has 0 bridgehead atoms. The number of aromatic nitrogens is 1. The van der Waals surface area contributed by atoms with Gasteiger partial charge in [-0.25, -0.2) is 0 Å². The number of hydrogen-bond acceptors (Lipinski definition) is 3. The Morgan fingerprint density at radius 3 is 1.75 bits per heavy atom. The first kappa shape index (κ1) is 28.2. The molecule has 0 spiro atoms. The van der Waals surface area contributed by atoms with Gasteiger partial charge in [0.1, 0.15) is 0 Å². The SMILES string of the molecule is c1ccc(-c2ccc(N(c3ccc(-c4ccccc4)c(-c4ccccc4)c3)c3ccnc4c3sc3c5ccccc5ccc43)cc2)cc1. The summed E-state index contributed by atoms with van der Waals surface area (Å²) in [6.45, 7) is 0. The standard InChI is InChI=1S/C45H30N2S/c1-4-12-31(13-5-1)32-20-23-36(24-21-32)47(37-25-27-38(33-14-6-2-7-15-33)41(30-37)34-16-8-3-9-17-34)42-28-29-46-43-40-26-22-35-18-10-11-19-39(35)44(40)48-45(42)43/h1-30H. The first-order chi connectivity index (χ1) is 23.8. The molecule has 226 valence electrons. The van der Waals surface area contributed by atoms with Crippen molar-refractivity contribution in [3.63, 3.8) is 0 Å². The van der Waals surface area contributed by atoms with Crippen molar-refractivity contribution in [3.8, 4) is 33.4 Å². The van der Waals surface area contributed by atoms with Gasteiger partial charge in [-0.15, -0.1) is 11.3 Å². The molecule has 7 aromatic carbocycles. The van der Waals surface area contributed by atoms with Crippen LogP contribution in [0.3, 0.4) is 0 Å². The number of fused-ring (bicyclic) bond motifs is 5. The summed E-state index contributed by atoms with van der Waals surface area (Å²) in [4.78, 5) is 7.36. The number of nitrogens with zero attached hydrogens (tertiary/aromatic N) is 2. The molecule has 0 unspecified atom stereocenters. The van der Waals surface area contributed by atoms with Crippen molar-refractivity contribution in [2.24, 2.45) is 0 Å². The van der Waals surface area contributed by atoms with Crippen LogP contribution >= 0.6 is 11.3 Å². The first-order valence-electron chi connectivity index (χ1n) is 16.2. The Morgan fingerprint density at radius 1 is 0.417 bits per heavy atom. The fraction of sp³-hybridized carbons (Fsp3) is 0. The van der Waals surface area contributed by atoms with E-state index < -0.39 is 0 Å². The summed E-state index contributed by atoms with van der Waals surface area (Å²) in [7, 11) is 0. The highest BCUT2D eigenvalue weighted by atomic mass is 32.1. The van der Waals surface area contributed by atoms with Crippen LogP contribution < -0.4 is 4.90 Å². The summed E-state index contributed by atoms with van der Waals surface area (Å²) in [6, 6.07) is 63.0. The molecule has 0 saturated heterocycles.